The molecule has 0 aromatic heterocycles. The summed E-state index contributed by atoms with van der Waals surface area (Å²) in [6.45, 7) is 6.86. The fourth-order valence-corrected chi connectivity index (χ4v) is 2.55. The van der Waals surface area contributed by atoms with E-state index in [0.717, 1.165) is 31.7 Å². The van der Waals surface area contributed by atoms with Gasteiger partial charge < -0.3 is 9.84 Å². The summed E-state index contributed by atoms with van der Waals surface area (Å²) in [6.07, 6.45) is 1.08. The van der Waals surface area contributed by atoms with Gasteiger partial charge in [-0.15, -0.1) is 0 Å². The lowest BCUT2D eigenvalue weighted by Gasteiger charge is -2.39. The zero-order valence-electron chi connectivity index (χ0n) is 10.6. The molecule has 1 saturated heterocycles. The van der Waals surface area contributed by atoms with Gasteiger partial charge in [0.05, 0.1) is 13.2 Å². The van der Waals surface area contributed by atoms with Crippen LogP contribution in [-0.2, 0) is 4.74 Å². The van der Waals surface area contributed by atoms with Gasteiger partial charge in [-0.1, -0.05) is 25.1 Å². The Hall–Kier alpha value is -1.06. The standard InChI is InChI=1S/C14H21NO2/c1-3-12-10-17-9-8-15(12)11(2)13-6-4-5-7-14(13)16/h4-7,11-12,16H,3,8-10H2,1-2H3. The van der Waals surface area contributed by atoms with Gasteiger partial charge in [-0.3, -0.25) is 4.90 Å². The summed E-state index contributed by atoms with van der Waals surface area (Å²) in [5.74, 6) is 0.390. The van der Waals surface area contributed by atoms with Crippen LogP contribution in [0.3, 0.4) is 0 Å². The van der Waals surface area contributed by atoms with E-state index in [2.05, 4.69) is 18.7 Å². The zero-order valence-corrected chi connectivity index (χ0v) is 10.6. The molecule has 1 aliphatic rings. The highest BCUT2D eigenvalue weighted by Gasteiger charge is 2.27. The normalized spacial score (nSPS) is 23.5. The first-order valence-electron chi connectivity index (χ1n) is 6.35. The fraction of sp³-hybridized carbons (Fsp3) is 0.571. The minimum absolute atomic E-state index is 0.241. The maximum atomic E-state index is 9.91. The molecule has 2 atom stereocenters. The molecule has 1 heterocycles. The number of nitrogens with zero attached hydrogens (tertiary/aromatic N) is 1. The molecule has 0 radical (unpaired) electrons. The highest BCUT2D eigenvalue weighted by Crippen LogP contribution is 2.30. The van der Waals surface area contributed by atoms with Crippen molar-refractivity contribution >= 4 is 0 Å². The van der Waals surface area contributed by atoms with Gasteiger partial charge >= 0.3 is 0 Å². The smallest absolute Gasteiger partial charge is 0.120 e. The zero-order chi connectivity index (χ0) is 12.3. The van der Waals surface area contributed by atoms with Crippen molar-refractivity contribution in [2.75, 3.05) is 19.8 Å². The van der Waals surface area contributed by atoms with Crippen LogP contribution in [0.25, 0.3) is 0 Å². The van der Waals surface area contributed by atoms with Crippen molar-refractivity contribution in [2.24, 2.45) is 0 Å². The van der Waals surface area contributed by atoms with E-state index in [1.54, 1.807) is 6.07 Å². The van der Waals surface area contributed by atoms with Crippen molar-refractivity contribution in [3.63, 3.8) is 0 Å². The number of hydrogen-bond donors (Lipinski definition) is 1. The molecule has 0 aliphatic carbocycles. The van der Waals surface area contributed by atoms with Crippen LogP contribution in [0.4, 0.5) is 0 Å². The van der Waals surface area contributed by atoms with Crippen molar-refractivity contribution in [3.8, 4) is 5.75 Å². The SMILES string of the molecule is CCC1COCCN1C(C)c1ccccc1O. The van der Waals surface area contributed by atoms with Gasteiger partial charge in [0.25, 0.3) is 0 Å². The number of hydrogen-bond acceptors (Lipinski definition) is 3. The molecule has 2 rings (SSSR count). The van der Waals surface area contributed by atoms with E-state index in [-0.39, 0.29) is 6.04 Å². The second-order valence-electron chi connectivity index (χ2n) is 4.61. The molecular formula is C14H21NO2. The highest BCUT2D eigenvalue weighted by atomic mass is 16.5. The summed E-state index contributed by atoms with van der Waals surface area (Å²) in [5, 5.41) is 9.91. The van der Waals surface area contributed by atoms with Gasteiger partial charge in [-0.05, 0) is 19.4 Å². The van der Waals surface area contributed by atoms with Crippen molar-refractivity contribution in [1.29, 1.82) is 0 Å². The monoisotopic (exact) mass is 235 g/mol. The third kappa shape index (κ3) is 2.61. The summed E-state index contributed by atoms with van der Waals surface area (Å²) in [4.78, 5) is 2.43. The molecule has 0 amide bonds. The number of ether oxygens (including phenoxy) is 1. The first-order chi connectivity index (χ1) is 8.24. The number of rotatable bonds is 3. The van der Waals surface area contributed by atoms with Crippen LogP contribution >= 0.6 is 0 Å². The lowest BCUT2D eigenvalue weighted by atomic mass is 10.0. The Morgan fingerprint density at radius 3 is 2.94 bits per heavy atom. The molecule has 0 bridgehead atoms. The number of morpholine rings is 1. The Balaban J connectivity index is 2.18. The predicted molar refractivity (Wildman–Crippen MR) is 68.1 cm³/mol. The summed E-state index contributed by atoms with van der Waals surface area (Å²) in [7, 11) is 0. The Bertz CT molecular complexity index is 367. The van der Waals surface area contributed by atoms with Crippen molar-refractivity contribution in [1.82, 2.24) is 4.90 Å². The Kier molecular flexibility index (Phi) is 4.02. The van der Waals surface area contributed by atoms with Gasteiger partial charge in [0.2, 0.25) is 0 Å². The third-order valence-electron chi connectivity index (χ3n) is 3.63. The molecule has 3 heteroatoms. The average molecular weight is 235 g/mol. The molecule has 1 aromatic carbocycles. The van der Waals surface area contributed by atoms with E-state index in [1.165, 1.54) is 0 Å². The summed E-state index contributed by atoms with van der Waals surface area (Å²) < 4.78 is 5.52. The van der Waals surface area contributed by atoms with Gasteiger partial charge in [0.15, 0.2) is 0 Å². The topological polar surface area (TPSA) is 32.7 Å². The van der Waals surface area contributed by atoms with Crippen molar-refractivity contribution in [3.05, 3.63) is 29.8 Å². The van der Waals surface area contributed by atoms with Crippen molar-refractivity contribution in [2.45, 2.75) is 32.4 Å². The van der Waals surface area contributed by atoms with E-state index in [0.29, 0.717) is 11.8 Å². The number of phenols is 1. The summed E-state index contributed by atoms with van der Waals surface area (Å²) in [5.41, 5.74) is 1.01. The van der Waals surface area contributed by atoms with Crippen molar-refractivity contribution < 1.29 is 9.84 Å². The van der Waals surface area contributed by atoms with Gasteiger partial charge in [-0.25, -0.2) is 0 Å². The number of para-hydroxylation sites is 1. The molecule has 0 spiro atoms. The molecule has 2 unspecified atom stereocenters. The molecule has 1 fully saturated rings. The minimum Gasteiger partial charge on any atom is -0.508 e. The highest BCUT2D eigenvalue weighted by molar-refractivity contribution is 5.34. The van der Waals surface area contributed by atoms with E-state index in [1.807, 2.05) is 18.2 Å². The van der Waals surface area contributed by atoms with Crippen LogP contribution in [0.2, 0.25) is 0 Å². The largest absolute Gasteiger partial charge is 0.508 e. The lowest BCUT2D eigenvalue weighted by molar-refractivity contribution is -0.0276. The first kappa shape index (κ1) is 12.4. The molecule has 3 nitrogen and oxygen atoms in total. The van der Waals surface area contributed by atoms with E-state index in [4.69, 9.17) is 4.74 Å². The van der Waals surface area contributed by atoms with Crippen LogP contribution in [0.1, 0.15) is 31.9 Å². The quantitative estimate of drug-likeness (QED) is 0.874. The molecule has 94 valence electrons. The van der Waals surface area contributed by atoms with Crippen LogP contribution in [0.5, 0.6) is 5.75 Å². The fourth-order valence-electron chi connectivity index (χ4n) is 2.55. The molecule has 1 aromatic rings. The van der Waals surface area contributed by atoms with Gasteiger partial charge in [-0.2, -0.15) is 0 Å². The molecule has 1 aliphatic heterocycles. The average Bonchev–Trinajstić information content (AvgIpc) is 2.38. The number of aromatic hydroxyl groups is 1. The number of phenolic OH excluding ortho intramolecular Hbond substituents is 1. The van der Waals surface area contributed by atoms with Crippen LogP contribution in [0, 0.1) is 0 Å². The third-order valence-corrected chi connectivity index (χ3v) is 3.63. The van der Waals surface area contributed by atoms with Crippen LogP contribution in [-0.4, -0.2) is 35.8 Å². The Labute approximate surface area is 103 Å². The predicted octanol–water partition coefficient (Wildman–Crippen LogP) is 2.56. The maximum absolute atomic E-state index is 9.91. The molecule has 17 heavy (non-hydrogen) atoms. The maximum Gasteiger partial charge on any atom is 0.120 e. The Morgan fingerprint density at radius 2 is 2.24 bits per heavy atom. The number of benzene rings is 1. The summed E-state index contributed by atoms with van der Waals surface area (Å²) in [6, 6.07) is 8.30. The van der Waals surface area contributed by atoms with E-state index < -0.39 is 0 Å². The molecule has 1 N–H and O–H groups in total. The lowest BCUT2D eigenvalue weighted by Crippen LogP contribution is -2.46. The first-order valence-corrected chi connectivity index (χ1v) is 6.35. The van der Waals surface area contributed by atoms with Crippen LogP contribution in [0.15, 0.2) is 24.3 Å². The van der Waals surface area contributed by atoms with Gasteiger partial charge in [0, 0.05) is 24.2 Å². The second-order valence-corrected chi connectivity index (χ2v) is 4.61. The Morgan fingerprint density at radius 1 is 1.47 bits per heavy atom. The second kappa shape index (κ2) is 5.52. The molecule has 0 saturated carbocycles. The minimum atomic E-state index is 0.241. The van der Waals surface area contributed by atoms with Crippen LogP contribution < -0.4 is 0 Å². The van der Waals surface area contributed by atoms with E-state index in [9.17, 15) is 5.11 Å². The summed E-state index contributed by atoms with van der Waals surface area (Å²) >= 11 is 0. The van der Waals surface area contributed by atoms with Gasteiger partial charge in [0.1, 0.15) is 5.75 Å². The molecular weight excluding hydrogens is 214 g/mol. The van der Waals surface area contributed by atoms with E-state index >= 15 is 0 Å².